The minimum absolute atomic E-state index is 0.0932. The fourth-order valence-corrected chi connectivity index (χ4v) is 5.39. The van der Waals surface area contributed by atoms with E-state index in [1.165, 1.54) is 11.3 Å². The highest BCUT2D eigenvalue weighted by molar-refractivity contribution is 7.16. The number of hydrogen-bond donors (Lipinski definition) is 2. The normalized spacial score (nSPS) is 13.6. The molecule has 1 aromatic rings. The number of nitrogens with one attached hydrogen (secondary N) is 1. The maximum Gasteiger partial charge on any atom is 0.225 e. The summed E-state index contributed by atoms with van der Waals surface area (Å²) in [5, 5.41) is 3.82. The van der Waals surface area contributed by atoms with Gasteiger partial charge in [0.2, 0.25) is 11.8 Å². The van der Waals surface area contributed by atoms with Crippen molar-refractivity contribution in [3.8, 4) is 0 Å². The van der Waals surface area contributed by atoms with Crippen molar-refractivity contribution >= 4 is 34.9 Å². The van der Waals surface area contributed by atoms with E-state index in [0.717, 1.165) is 45.2 Å². The van der Waals surface area contributed by atoms with E-state index < -0.39 is 0 Å². The molecule has 2 rings (SSSR count). The Balaban J connectivity index is 1.98. The number of amides is 2. The molecule has 1 aliphatic rings. The number of fused-ring (bicyclic) bond motifs is 1. The number of carbonyl (C=O) groups excluding carboxylic acids is 2. The van der Waals surface area contributed by atoms with Crippen LogP contribution in [0.5, 0.6) is 0 Å². The number of ether oxygens (including phenoxy) is 1. The molecule has 37 heavy (non-hydrogen) atoms. The first-order valence-corrected chi connectivity index (χ1v) is 13.5. The molecule has 1 aromatic heterocycles. The van der Waals surface area contributed by atoms with Crippen LogP contribution < -0.4 is 11.1 Å². The molecule has 0 atom stereocenters. The smallest absolute Gasteiger partial charge is 0.225 e. The molecule has 2 heterocycles. The summed E-state index contributed by atoms with van der Waals surface area (Å²) in [6.07, 6.45) is 7.33. The van der Waals surface area contributed by atoms with Gasteiger partial charge in [0.1, 0.15) is 5.76 Å². The summed E-state index contributed by atoms with van der Waals surface area (Å²) in [5.74, 6) is 0.669. The maximum atomic E-state index is 12.9. The molecule has 0 spiro atoms. The molecule has 0 saturated carbocycles. The molecule has 9 heteroatoms. The molecule has 0 unspecified atom stereocenters. The summed E-state index contributed by atoms with van der Waals surface area (Å²) in [4.78, 5) is 34.6. The van der Waals surface area contributed by atoms with Gasteiger partial charge in [0, 0.05) is 55.7 Å². The number of rotatable bonds is 15. The molecule has 2 amide bonds. The van der Waals surface area contributed by atoms with Crippen LogP contribution in [-0.4, -0.2) is 54.6 Å². The summed E-state index contributed by atoms with van der Waals surface area (Å²) < 4.78 is 5.45. The van der Waals surface area contributed by atoms with Gasteiger partial charge in [0.05, 0.1) is 23.8 Å². The second-order valence-electron chi connectivity index (χ2n) is 8.78. The van der Waals surface area contributed by atoms with E-state index in [9.17, 15) is 9.59 Å². The molecule has 3 N–H and O–H groups in total. The van der Waals surface area contributed by atoms with Gasteiger partial charge in [-0.25, -0.2) is 0 Å². The van der Waals surface area contributed by atoms with E-state index in [2.05, 4.69) is 35.1 Å². The van der Waals surface area contributed by atoms with E-state index in [1.807, 2.05) is 31.9 Å². The van der Waals surface area contributed by atoms with Crippen LogP contribution >= 0.6 is 11.3 Å². The molecule has 0 bridgehead atoms. The first-order chi connectivity index (χ1) is 17.8. The minimum Gasteiger partial charge on any atom is -0.494 e. The molecule has 0 aliphatic carbocycles. The van der Waals surface area contributed by atoms with Crippen LogP contribution in [0.2, 0.25) is 0 Å². The van der Waals surface area contributed by atoms with Crippen LogP contribution in [0, 0.1) is 0 Å². The lowest BCUT2D eigenvalue weighted by atomic mass is 10.0. The summed E-state index contributed by atoms with van der Waals surface area (Å²) >= 11 is 1.52. The largest absolute Gasteiger partial charge is 0.494 e. The molecule has 0 aromatic carbocycles. The monoisotopic (exact) mass is 527 g/mol. The molecule has 0 radical (unpaired) electrons. The number of allylic oxidation sites excluding steroid dienone is 4. The highest BCUT2D eigenvalue weighted by atomic mass is 32.1. The number of hydrogen-bond acceptors (Lipinski definition) is 7. The van der Waals surface area contributed by atoms with Crippen molar-refractivity contribution in [1.82, 2.24) is 9.80 Å². The first-order valence-electron chi connectivity index (χ1n) is 12.7. The predicted octanol–water partition coefficient (Wildman–Crippen LogP) is 4.75. The van der Waals surface area contributed by atoms with E-state index in [0.29, 0.717) is 57.8 Å². The number of carbonyl (C=O) groups is 2. The topological polar surface area (TPSA) is 100 Å². The van der Waals surface area contributed by atoms with Gasteiger partial charge in [0.15, 0.2) is 0 Å². The van der Waals surface area contributed by atoms with Crippen molar-refractivity contribution < 1.29 is 14.3 Å². The Labute approximate surface area is 225 Å². The Morgan fingerprint density at radius 3 is 2.68 bits per heavy atom. The van der Waals surface area contributed by atoms with E-state index in [1.54, 1.807) is 12.2 Å². The van der Waals surface area contributed by atoms with Gasteiger partial charge in [-0.05, 0) is 58.0 Å². The lowest BCUT2D eigenvalue weighted by Crippen LogP contribution is -2.37. The second-order valence-corrected chi connectivity index (χ2v) is 9.88. The lowest BCUT2D eigenvalue weighted by molar-refractivity contribution is -0.132. The number of nitrogens with two attached hydrogens (primary N) is 1. The fourth-order valence-electron chi connectivity index (χ4n) is 4.08. The molecular weight excluding hydrogens is 486 g/mol. The van der Waals surface area contributed by atoms with Crippen molar-refractivity contribution in [3.63, 3.8) is 0 Å². The van der Waals surface area contributed by atoms with Crippen LogP contribution in [-0.2, 0) is 33.8 Å². The van der Waals surface area contributed by atoms with Gasteiger partial charge in [-0.3, -0.25) is 14.6 Å². The molecule has 0 fully saturated rings. The van der Waals surface area contributed by atoms with Crippen molar-refractivity contribution in [1.29, 1.82) is 0 Å². The van der Waals surface area contributed by atoms with E-state index in [-0.39, 0.29) is 11.8 Å². The Hall–Kier alpha value is -3.17. The Kier molecular flexibility index (Phi) is 12.3. The van der Waals surface area contributed by atoms with Gasteiger partial charge in [-0.15, -0.1) is 11.3 Å². The summed E-state index contributed by atoms with van der Waals surface area (Å²) in [6, 6.07) is 0. The standard InChI is InChI=1S/C28H41N5O3S/c1-7-22(36-9-3)16-20(4)10-11-26(34)31-28-24(17-29)23-12-15-33(19-25(23)37-28)27(35)13-14-32(8-2)18-21(5)30-6/h7,16,18H,1,4,6,8-15,17,19,29H2,2-3,5H3,(H,31,34)/b21-18-,22-16+. The third-order valence-corrected chi connectivity index (χ3v) is 7.32. The quantitative estimate of drug-likeness (QED) is 0.195. The van der Waals surface area contributed by atoms with Gasteiger partial charge in [-0.2, -0.15) is 0 Å². The fraction of sp³-hybridized carbons (Fsp3) is 0.464. The van der Waals surface area contributed by atoms with Gasteiger partial charge >= 0.3 is 0 Å². The van der Waals surface area contributed by atoms with Crippen LogP contribution in [0.1, 0.15) is 56.0 Å². The molecule has 0 saturated heterocycles. The number of nitrogens with zero attached hydrogens (tertiary/aromatic N) is 3. The van der Waals surface area contributed by atoms with Crippen molar-refractivity contribution in [2.24, 2.45) is 10.7 Å². The molecule has 8 nitrogen and oxygen atoms in total. The third kappa shape index (κ3) is 9.02. The van der Waals surface area contributed by atoms with E-state index >= 15 is 0 Å². The third-order valence-electron chi connectivity index (χ3n) is 6.15. The molecule has 1 aliphatic heterocycles. The second kappa shape index (κ2) is 15.2. The highest BCUT2D eigenvalue weighted by Crippen LogP contribution is 2.37. The summed E-state index contributed by atoms with van der Waals surface area (Å²) in [7, 11) is 0. The average molecular weight is 528 g/mol. The lowest BCUT2D eigenvalue weighted by Gasteiger charge is -2.28. The van der Waals surface area contributed by atoms with Gasteiger partial charge in [-0.1, -0.05) is 18.7 Å². The number of anilines is 1. The SMILES string of the molecule is C=C/C(=C\C(=C)CCC(=O)Nc1sc2c(c1CN)CCN(C(=O)CCN(/C=C(/C)N=C)CC)C2)OCC. The minimum atomic E-state index is -0.0932. The first kappa shape index (κ1) is 30.1. The van der Waals surface area contributed by atoms with Gasteiger partial charge in [0.25, 0.3) is 0 Å². The Morgan fingerprint density at radius 2 is 2.05 bits per heavy atom. The summed E-state index contributed by atoms with van der Waals surface area (Å²) in [5.41, 5.74) is 9.82. The Bertz CT molecular complexity index is 1060. The van der Waals surface area contributed by atoms with Crippen LogP contribution in [0.3, 0.4) is 0 Å². The highest BCUT2D eigenvalue weighted by Gasteiger charge is 2.27. The molecular formula is C28H41N5O3S. The van der Waals surface area contributed by atoms with Crippen molar-refractivity contribution in [2.45, 2.75) is 59.5 Å². The summed E-state index contributed by atoms with van der Waals surface area (Å²) in [6.45, 7) is 20.6. The van der Waals surface area contributed by atoms with Crippen molar-refractivity contribution in [2.75, 3.05) is 31.6 Å². The average Bonchev–Trinajstić information content (AvgIpc) is 3.24. The van der Waals surface area contributed by atoms with Gasteiger partial charge < -0.3 is 25.6 Å². The zero-order valence-corrected chi connectivity index (χ0v) is 23.3. The van der Waals surface area contributed by atoms with Crippen LogP contribution in [0.4, 0.5) is 5.00 Å². The number of thiophene rings is 1. The number of aliphatic imine (C=N–C) groups is 1. The molecule has 202 valence electrons. The maximum absolute atomic E-state index is 12.9. The Morgan fingerprint density at radius 1 is 1.30 bits per heavy atom. The zero-order valence-electron chi connectivity index (χ0n) is 22.5. The zero-order chi connectivity index (χ0) is 27.4. The predicted molar refractivity (Wildman–Crippen MR) is 153 cm³/mol. The van der Waals surface area contributed by atoms with Crippen LogP contribution in [0.25, 0.3) is 0 Å². The van der Waals surface area contributed by atoms with E-state index in [4.69, 9.17) is 10.5 Å². The van der Waals surface area contributed by atoms with Crippen molar-refractivity contribution in [3.05, 3.63) is 64.5 Å². The van der Waals surface area contributed by atoms with Crippen LogP contribution in [0.15, 0.2) is 53.5 Å².